The predicted octanol–water partition coefficient (Wildman–Crippen LogP) is 1.74. The Hall–Kier alpha value is -2.47. The molecule has 2 heterocycles. The van der Waals surface area contributed by atoms with Crippen LogP contribution in [0.4, 0.5) is 4.39 Å². The fraction of sp³-hybridized carbons (Fsp3) is 0.333. The van der Waals surface area contributed by atoms with Gasteiger partial charge >= 0.3 is 0 Å². The van der Waals surface area contributed by atoms with Crippen LogP contribution in [-0.2, 0) is 30.7 Å². The van der Waals surface area contributed by atoms with Gasteiger partial charge in [-0.05, 0) is 54.3 Å². The molecule has 3 rings (SSSR count). The van der Waals surface area contributed by atoms with Crippen molar-refractivity contribution in [2.75, 3.05) is 6.54 Å². The molecule has 0 fully saturated rings. The maximum Gasteiger partial charge on any atom is 0.224 e. The highest BCUT2D eigenvalue weighted by molar-refractivity contribution is 5.78. The molecule has 1 aromatic heterocycles. The van der Waals surface area contributed by atoms with Gasteiger partial charge in [0.05, 0.1) is 6.42 Å². The molecule has 0 aliphatic carbocycles. The van der Waals surface area contributed by atoms with Crippen LogP contribution in [0.3, 0.4) is 0 Å². The van der Waals surface area contributed by atoms with Gasteiger partial charge in [-0.3, -0.25) is 9.78 Å². The van der Waals surface area contributed by atoms with Crippen LogP contribution < -0.4 is 10.6 Å². The molecule has 1 amide bonds. The second kappa shape index (κ2) is 6.97. The van der Waals surface area contributed by atoms with E-state index in [0.29, 0.717) is 12.1 Å². The Morgan fingerprint density at radius 2 is 2.29 bits per heavy atom. The maximum absolute atomic E-state index is 13.3. The summed E-state index contributed by atoms with van der Waals surface area (Å²) in [7, 11) is 0. The number of hydrogen-bond donors (Lipinski definition) is 3. The minimum Gasteiger partial charge on any atom is -0.505 e. The summed E-state index contributed by atoms with van der Waals surface area (Å²) in [5.41, 5.74) is 4.96. The van der Waals surface area contributed by atoms with Gasteiger partial charge in [0.1, 0.15) is 0 Å². The van der Waals surface area contributed by atoms with Crippen LogP contribution in [0.1, 0.15) is 27.9 Å². The fourth-order valence-electron chi connectivity index (χ4n) is 2.97. The monoisotopic (exact) mass is 329 g/mol. The first kappa shape index (κ1) is 16.4. The number of aromatic nitrogens is 1. The van der Waals surface area contributed by atoms with Gasteiger partial charge in [0, 0.05) is 25.0 Å². The molecular weight excluding hydrogens is 309 g/mol. The summed E-state index contributed by atoms with van der Waals surface area (Å²) in [5.74, 6) is -1.32. The van der Waals surface area contributed by atoms with E-state index in [2.05, 4.69) is 15.6 Å². The molecule has 24 heavy (non-hydrogen) atoms. The average molecular weight is 329 g/mol. The normalized spacial score (nSPS) is 13.4. The molecule has 3 N–H and O–H groups in total. The molecule has 0 atom stereocenters. The number of aryl methyl sites for hydroxylation is 1. The van der Waals surface area contributed by atoms with Crippen LogP contribution in [0.2, 0.25) is 0 Å². The molecule has 1 aliphatic rings. The number of pyridine rings is 1. The zero-order valence-corrected chi connectivity index (χ0v) is 13.5. The van der Waals surface area contributed by atoms with Gasteiger partial charge in [0.15, 0.2) is 11.6 Å². The third-order valence-electron chi connectivity index (χ3n) is 4.31. The van der Waals surface area contributed by atoms with Gasteiger partial charge in [0.2, 0.25) is 5.91 Å². The highest BCUT2D eigenvalue weighted by Crippen LogP contribution is 2.20. The number of halogens is 1. The van der Waals surface area contributed by atoms with Crippen molar-refractivity contribution in [2.24, 2.45) is 0 Å². The molecule has 2 aromatic rings. The number of aromatic hydroxyl groups is 1. The smallest absolute Gasteiger partial charge is 0.224 e. The van der Waals surface area contributed by atoms with Gasteiger partial charge in [-0.15, -0.1) is 0 Å². The highest BCUT2D eigenvalue weighted by atomic mass is 19.1. The molecule has 0 bridgehead atoms. The highest BCUT2D eigenvalue weighted by Gasteiger charge is 2.16. The first-order chi connectivity index (χ1) is 11.5. The number of nitrogens with one attached hydrogen (secondary N) is 2. The standard InChI is InChI=1S/C18H20FN3O2/c1-11-15(14-4-5-20-8-13(14)9-21-11)10-22-18(24)7-12-2-3-17(23)16(19)6-12/h2-3,6,9,20,23H,4-5,7-8,10H2,1H3,(H,22,24). The van der Waals surface area contributed by atoms with Crippen molar-refractivity contribution in [3.8, 4) is 5.75 Å². The van der Waals surface area contributed by atoms with Gasteiger partial charge < -0.3 is 15.7 Å². The summed E-state index contributed by atoms with van der Waals surface area (Å²) in [4.78, 5) is 16.5. The first-order valence-corrected chi connectivity index (χ1v) is 7.95. The SMILES string of the molecule is Cc1ncc2c(c1CNC(=O)Cc1ccc(O)c(F)c1)CCNC2. The van der Waals surface area contributed by atoms with E-state index in [4.69, 9.17) is 0 Å². The van der Waals surface area contributed by atoms with E-state index in [1.807, 2.05) is 13.1 Å². The Labute approximate surface area is 139 Å². The van der Waals surface area contributed by atoms with Crippen molar-refractivity contribution in [3.63, 3.8) is 0 Å². The van der Waals surface area contributed by atoms with Crippen molar-refractivity contribution < 1.29 is 14.3 Å². The van der Waals surface area contributed by atoms with Crippen molar-refractivity contribution in [2.45, 2.75) is 32.9 Å². The van der Waals surface area contributed by atoms with Crippen LogP contribution in [0.15, 0.2) is 24.4 Å². The second-order valence-electron chi connectivity index (χ2n) is 5.99. The molecule has 126 valence electrons. The number of rotatable bonds is 4. The summed E-state index contributed by atoms with van der Waals surface area (Å²) < 4.78 is 13.3. The van der Waals surface area contributed by atoms with Gasteiger partial charge in [-0.1, -0.05) is 6.07 Å². The molecule has 0 saturated heterocycles. The topological polar surface area (TPSA) is 74.2 Å². The number of carbonyl (C=O) groups is 1. The van der Waals surface area contributed by atoms with E-state index in [1.165, 1.54) is 23.3 Å². The van der Waals surface area contributed by atoms with Crippen LogP contribution in [0.25, 0.3) is 0 Å². The zero-order chi connectivity index (χ0) is 17.1. The third kappa shape index (κ3) is 3.54. The average Bonchev–Trinajstić information content (AvgIpc) is 2.57. The van der Waals surface area contributed by atoms with Crippen LogP contribution in [0.5, 0.6) is 5.75 Å². The lowest BCUT2D eigenvalue weighted by Gasteiger charge is -2.21. The largest absolute Gasteiger partial charge is 0.505 e. The molecule has 1 aliphatic heterocycles. The third-order valence-corrected chi connectivity index (χ3v) is 4.31. The quantitative estimate of drug-likeness (QED) is 0.799. The Kier molecular flexibility index (Phi) is 4.76. The number of benzene rings is 1. The number of phenolic OH excluding ortho intramolecular Hbond substituents is 1. The molecule has 0 radical (unpaired) electrons. The van der Waals surface area contributed by atoms with Gasteiger partial charge in [-0.25, -0.2) is 4.39 Å². The summed E-state index contributed by atoms with van der Waals surface area (Å²) in [6.07, 6.45) is 2.88. The summed E-state index contributed by atoms with van der Waals surface area (Å²) in [6.45, 7) is 4.08. The van der Waals surface area contributed by atoms with Crippen molar-refractivity contribution >= 4 is 5.91 Å². The van der Waals surface area contributed by atoms with Crippen LogP contribution >= 0.6 is 0 Å². The molecule has 0 unspecified atom stereocenters. The number of nitrogens with zero attached hydrogens (tertiary/aromatic N) is 1. The predicted molar refractivity (Wildman–Crippen MR) is 88.0 cm³/mol. The lowest BCUT2D eigenvalue weighted by atomic mass is 9.96. The number of phenols is 1. The molecular formula is C18H20FN3O2. The Morgan fingerprint density at radius 1 is 1.46 bits per heavy atom. The summed E-state index contributed by atoms with van der Waals surface area (Å²) >= 11 is 0. The number of amides is 1. The Bertz CT molecular complexity index is 777. The molecule has 6 heteroatoms. The molecule has 1 aromatic carbocycles. The lowest BCUT2D eigenvalue weighted by Crippen LogP contribution is -2.29. The summed E-state index contributed by atoms with van der Waals surface area (Å²) in [6, 6.07) is 3.98. The number of carbonyl (C=O) groups excluding carboxylic acids is 1. The van der Waals surface area contributed by atoms with Crippen LogP contribution in [0, 0.1) is 12.7 Å². The van der Waals surface area contributed by atoms with Gasteiger partial charge in [0.25, 0.3) is 0 Å². The maximum atomic E-state index is 13.3. The second-order valence-corrected chi connectivity index (χ2v) is 5.99. The fourth-order valence-corrected chi connectivity index (χ4v) is 2.97. The van der Waals surface area contributed by atoms with E-state index in [9.17, 15) is 14.3 Å². The minimum absolute atomic E-state index is 0.0697. The molecule has 5 nitrogen and oxygen atoms in total. The minimum atomic E-state index is -0.718. The lowest BCUT2D eigenvalue weighted by molar-refractivity contribution is -0.120. The molecule has 0 saturated carbocycles. The van der Waals surface area contributed by atoms with E-state index in [-0.39, 0.29) is 12.3 Å². The molecule has 0 spiro atoms. The summed E-state index contributed by atoms with van der Waals surface area (Å²) in [5, 5.41) is 15.4. The van der Waals surface area contributed by atoms with E-state index < -0.39 is 11.6 Å². The van der Waals surface area contributed by atoms with Gasteiger partial charge in [-0.2, -0.15) is 0 Å². The number of hydrogen-bond acceptors (Lipinski definition) is 4. The number of fused-ring (bicyclic) bond motifs is 1. The first-order valence-electron chi connectivity index (χ1n) is 7.95. The zero-order valence-electron chi connectivity index (χ0n) is 13.5. The van der Waals surface area contributed by atoms with E-state index in [0.717, 1.165) is 30.8 Å². The van der Waals surface area contributed by atoms with Crippen molar-refractivity contribution in [3.05, 3.63) is 58.2 Å². The Morgan fingerprint density at radius 3 is 3.08 bits per heavy atom. The van der Waals surface area contributed by atoms with Crippen molar-refractivity contribution in [1.82, 2.24) is 15.6 Å². The van der Waals surface area contributed by atoms with E-state index >= 15 is 0 Å². The van der Waals surface area contributed by atoms with E-state index in [1.54, 1.807) is 6.07 Å². The van der Waals surface area contributed by atoms with Crippen LogP contribution in [-0.4, -0.2) is 22.5 Å². The Balaban J connectivity index is 1.67. The van der Waals surface area contributed by atoms with Crippen molar-refractivity contribution in [1.29, 1.82) is 0 Å².